The van der Waals surface area contributed by atoms with E-state index in [2.05, 4.69) is 0 Å². The van der Waals surface area contributed by atoms with E-state index in [4.69, 9.17) is 14.2 Å². The lowest BCUT2D eigenvalue weighted by Gasteiger charge is -2.13. The molecule has 0 spiro atoms. The maximum absolute atomic E-state index is 12.7. The lowest BCUT2D eigenvalue weighted by atomic mass is 10.1. The van der Waals surface area contributed by atoms with Crippen LogP contribution in [0.2, 0.25) is 0 Å². The zero-order valence-corrected chi connectivity index (χ0v) is 20.7. The fourth-order valence-electron chi connectivity index (χ4n) is 3.05. The molecule has 2 aromatic carbocycles. The molecule has 0 atom stereocenters. The number of methoxy groups -OCH3 is 1. The Hall–Kier alpha value is -4.46. The molecule has 0 bridgehead atoms. The van der Waals surface area contributed by atoms with Gasteiger partial charge in [-0.15, -0.1) is 0 Å². The summed E-state index contributed by atoms with van der Waals surface area (Å²) in [6.07, 6.45) is 1.42. The van der Waals surface area contributed by atoms with E-state index in [1.54, 1.807) is 0 Å². The van der Waals surface area contributed by atoms with Crippen molar-refractivity contribution in [3.63, 3.8) is 0 Å². The summed E-state index contributed by atoms with van der Waals surface area (Å²) in [7, 11) is 1.33. The second-order valence-electron chi connectivity index (χ2n) is 8.02. The van der Waals surface area contributed by atoms with E-state index >= 15 is 0 Å². The average Bonchev–Trinajstić information content (AvgIpc) is 3.10. The van der Waals surface area contributed by atoms with Gasteiger partial charge < -0.3 is 14.2 Å². The lowest BCUT2D eigenvalue weighted by Crippen LogP contribution is -2.34. The summed E-state index contributed by atoms with van der Waals surface area (Å²) in [6, 6.07) is 7.36. The normalized spacial score (nSPS) is 14.3. The fraction of sp³-hybridized carbons (Fsp3) is 0.261. The summed E-state index contributed by atoms with van der Waals surface area (Å²) in [4.78, 5) is 58.5. The molecule has 1 heterocycles. The number of thioether (sulfide) groups is 1. The summed E-state index contributed by atoms with van der Waals surface area (Å²) >= 11 is 0.661. The smallest absolute Gasteiger partial charge is 0.326 e. The van der Waals surface area contributed by atoms with Gasteiger partial charge >= 0.3 is 11.7 Å². The molecule has 1 aliphatic rings. The highest BCUT2D eigenvalue weighted by atomic mass is 32.2. The van der Waals surface area contributed by atoms with E-state index < -0.39 is 44.9 Å². The van der Waals surface area contributed by atoms with E-state index in [1.807, 2.05) is 13.8 Å². The van der Waals surface area contributed by atoms with Crippen LogP contribution < -0.4 is 9.47 Å². The van der Waals surface area contributed by atoms with Gasteiger partial charge in [-0.2, -0.15) is 0 Å². The minimum absolute atomic E-state index is 0.0672. The molecular formula is C23H21N3O10S. The lowest BCUT2D eigenvalue weighted by molar-refractivity contribution is -0.394. The van der Waals surface area contributed by atoms with Gasteiger partial charge in [-0.05, 0) is 47.5 Å². The molecule has 1 fully saturated rings. The summed E-state index contributed by atoms with van der Waals surface area (Å²) in [5.41, 5.74) is -0.639. The van der Waals surface area contributed by atoms with Gasteiger partial charge in [-0.25, -0.2) is 0 Å². The van der Waals surface area contributed by atoms with E-state index in [0.29, 0.717) is 17.3 Å². The van der Waals surface area contributed by atoms with E-state index in [1.165, 1.54) is 31.4 Å². The summed E-state index contributed by atoms with van der Waals surface area (Å²) < 4.78 is 15.9. The van der Waals surface area contributed by atoms with Crippen LogP contribution in [0.25, 0.3) is 6.08 Å². The van der Waals surface area contributed by atoms with Crippen molar-refractivity contribution in [2.45, 2.75) is 13.8 Å². The van der Waals surface area contributed by atoms with Crippen LogP contribution in [0, 0.1) is 26.1 Å². The summed E-state index contributed by atoms with van der Waals surface area (Å²) in [5.74, 6) is -1.28. The Morgan fingerprint density at radius 2 is 1.76 bits per heavy atom. The first-order chi connectivity index (χ1) is 17.5. The van der Waals surface area contributed by atoms with Crippen LogP contribution in [0.15, 0.2) is 41.3 Å². The van der Waals surface area contributed by atoms with Gasteiger partial charge in [0.2, 0.25) is 5.75 Å². The molecule has 37 heavy (non-hydrogen) atoms. The second kappa shape index (κ2) is 11.5. The second-order valence-corrected chi connectivity index (χ2v) is 9.02. The topological polar surface area (TPSA) is 168 Å². The molecule has 194 valence electrons. The number of benzene rings is 2. The molecule has 0 unspecified atom stereocenters. The fourth-order valence-corrected chi connectivity index (χ4v) is 3.89. The number of nitro benzene ring substituents is 2. The third-order valence-electron chi connectivity index (χ3n) is 4.79. The average molecular weight is 531 g/mol. The predicted molar refractivity (Wildman–Crippen MR) is 131 cm³/mol. The Balaban J connectivity index is 1.81. The largest absolute Gasteiger partial charge is 0.493 e. The molecule has 0 aromatic heterocycles. The Bertz CT molecular complexity index is 1310. The molecule has 1 saturated heterocycles. The highest BCUT2D eigenvalue weighted by molar-refractivity contribution is 8.18. The standard InChI is InChI=1S/C23H21N3O10S/c1-13(2)12-35-21(27)11-24-22(28)20(37-23(24)29)9-14-4-6-18(19(8-14)34-3)36-17-7-5-15(25(30)31)10-16(17)26(32)33/h4-10,13H,11-12H2,1-3H3/b20-9+. The monoisotopic (exact) mass is 531 g/mol. The summed E-state index contributed by atoms with van der Waals surface area (Å²) in [6.45, 7) is 3.38. The maximum Gasteiger partial charge on any atom is 0.326 e. The zero-order chi connectivity index (χ0) is 27.3. The zero-order valence-electron chi connectivity index (χ0n) is 19.9. The third kappa shape index (κ3) is 6.61. The number of amides is 2. The van der Waals surface area contributed by atoms with Gasteiger partial charge in [-0.1, -0.05) is 19.9 Å². The number of hydrogen-bond acceptors (Lipinski definition) is 11. The van der Waals surface area contributed by atoms with Crippen molar-refractivity contribution in [3.8, 4) is 17.2 Å². The Morgan fingerprint density at radius 3 is 2.38 bits per heavy atom. The van der Waals surface area contributed by atoms with Crippen molar-refractivity contribution >= 4 is 46.3 Å². The number of non-ortho nitro benzene ring substituents is 1. The number of nitro groups is 2. The van der Waals surface area contributed by atoms with Crippen molar-refractivity contribution < 1.29 is 38.4 Å². The number of nitrogens with zero attached hydrogens (tertiary/aromatic N) is 3. The SMILES string of the molecule is COc1cc(/C=C2/SC(=O)N(CC(=O)OCC(C)C)C2=O)ccc1Oc1ccc([N+](=O)[O-])cc1[N+](=O)[O-]. The highest BCUT2D eigenvalue weighted by Gasteiger charge is 2.36. The van der Waals surface area contributed by atoms with Gasteiger partial charge in [0.15, 0.2) is 11.5 Å². The van der Waals surface area contributed by atoms with Gasteiger partial charge in [0.1, 0.15) is 6.54 Å². The maximum atomic E-state index is 12.7. The molecule has 0 N–H and O–H groups in total. The van der Waals surface area contributed by atoms with Crippen LogP contribution in [0.1, 0.15) is 19.4 Å². The minimum atomic E-state index is -0.808. The van der Waals surface area contributed by atoms with Gasteiger partial charge in [-0.3, -0.25) is 39.5 Å². The van der Waals surface area contributed by atoms with E-state index in [0.717, 1.165) is 23.1 Å². The van der Waals surface area contributed by atoms with Crippen molar-refractivity contribution in [3.05, 3.63) is 67.1 Å². The molecule has 2 amide bonds. The van der Waals surface area contributed by atoms with E-state index in [-0.39, 0.29) is 34.7 Å². The van der Waals surface area contributed by atoms with Crippen LogP contribution in [-0.4, -0.2) is 52.1 Å². The van der Waals surface area contributed by atoms with Crippen molar-refractivity contribution in [1.82, 2.24) is 4.90 Å². The van der Waals surface area contributed by atoms with Crippen molar-refractivity contribution in [2.24, 2.45) is 5.92 Å². The number of esters is 1. The molecule has 0 saturated carbocycles. The number of ether oxygens (including phenoxy) is 3. The Labute approximate surface area is 214 Å². The molecule has 14 heteroatoms. The Kier molecular flexibility index (Phi) is 8.45. The first-order valence-electron chi connectivity index (χ1n) is 10.7. The third-order valence-corrected chi connectivity index (χ3v) is 5.70. The van der Waals surface area contributed by atoms with Crippen LogP contribution >= 0.6 is 11.8 Å². The number of rotatable bonds is 10. The van der Waals surface area contributed by atoms with Gasteiger partial charge in [0.05, 0.1) is 34.5 Å². The van der Waals surface area contributed by atoms with Gasteiger partial charge in [0.25, 0.3) is 16.8 Å². The number of imide groups is 1. The number of carbonyl (C=O) groups excluding carboxylic acids is 3. The first-order valence-corrected chi connectivity index (χ1v) is 11.5. The van der Waals surface area contributed by atoms with E-state index in [9.17, 15) is 34.6 Å². The first kappa shape index (κ1) is 27.1. The van der Waals surface area contributed by atoms with Gasteiger partial charge in [0, 0.05) is 6.07 Å². The molecule has 13 nitrogen and oxygen atoms in total. The molecule has 0 radical (unpaired) electrons. The number of hydrogen-bond donors (Lipinski definition) is 0. The molecule has 2 aromatic rings. The van der Waals surface area contributed by atoms with Crippen LogP contribution in [-0.2, 0) is 14.3 Å². The summed E-state index contributed by atoms with van der Waals surface area (Å²) in [5, 5.41) is 21.7. The highest BCUT2D eigenvalue weighted by Crippen LogP contribution is 2.39. The number of carbonyl (C=O) groups is 3. The molecule has 0 aliphatic carbocycles. The predicted octanol–water partition coefficient (Wildman–Crippen LogP) is 4.54. The van der Waals surface area contributed by atoms with Crippen molar-refractivity contribution in [1.29, 1.82) is 0 Å². The van der Waals surface area contributed by atoms with Crippen LogP contribution in [0.4, 0.5) is 16.2 Å². The molecular weight excluding hydrogens is 510 g/mol. The quantitative estimate of drug-likeness (QED) is 0.183. The van der Waals surface area contributed by atoms with Crippen LogP contribution in [0.5, 0.6) is 17.2 Å². The molecule has 3 rings (SSSR count). The van der Waals surface area contributed by atoms with Crippen LogP contribution in [0.3, 0.4) is 0 Å². The Morgan fingerprint density at radius 1 is 1.05 bits per heavy atom. The minimum Gasteiger partial charge on any atom is -0.493 e. The molecule has 1 aliphatic heterocycles. The van der Waals surface area contributed by atoms with Crippen molar-refractivity contribution in [2.75, 3.05) is 20.3 Å².